The number of nitrogens with two attached hydrogens (primary N) is 1. The number of hydrogen-bond donors (Lipinski definition) is 2. The molecule has 3 N–H and O–H groups in total. The number of anilines is 1. The quantitative estimate of drug-likeness (QED) is 0.614. The second-order valence-electron chi connectivity index (χ2n) is 6.66. The minimum Gasteiger partial charge on any atom is -0.367 e. The summed E-state index contributed by atoms with van der Waals surface area (Å²) in [4.78, 5) is 20.0. The Kier molecular flexibility index (Phi) is 5.19. The fourth-order valence-corrected chi connectivity index (χ4v) is 3.97. The first-order chi connectivity index (χ1) is 13.2. The number of nitrogens with one attached hydrogen (secondary N) is 1. The highest BCUT2D eigenvalue weighted by atomic mass is 32.2. The normalized spacial score (nSPS) is 12.1. The third-order valence-corrected chi connectivity index (χ3v) is 5.60. The van der Waals surface area contributed by atoms with Gasteiger partial charge in [-0.2, -0.15) is 0 Å². The lowest BCUT2D eigenvalue weighted by Crippen LogP contribution is -2.14. The molecule has 0 spiro atoms. The van der Waals surface area contributed by atoms with Gasteiger partial charge in [0.05, 0.1) is 11.1 Å². The number of fused-ring (bicyclic) bond motifs is 1. The average molecular weight is 399 g/mol. The van der Waals surface area contributed by atoms with Gasteiger partial charge in [-0.1, -0.05) is 17.7 Å². The van der Waals surface area contributed by atoms with Crippen LogP contribution in [0.5, 0.6) is 0 Å². The monoisotopic (exact) mass is 399 g/mol. The van der Waals surface area contributed by atoms with Crippen molar-refractivity contribution in [3.63, 3.8) is 0 Å². The lowest BCUT2D eigenvalue weighted by Gasteiger charge is -2.09. The molecule has 3 aromatic rings. The van der Waals surface area contributed by atoms with E-state index in [9.17, 15) is 13.2 Å². The zero-order valence-corrected chi connectivity index (χ0v) is 16.6. The predicted octanol–water partition coefficient (Wildman–Crippen LogP) is 2.30. The van der Waals surface area contributed by atoms with E-state index in [4.69, 9.17) is 5.73 Å². The summed E-state index contributed by atoms with van der Waals surface area (Å²) in [5.41, 5.74) is 7.06. The summed E-state index contributed by atoms with van der Waals surface area (Å²) in [5.74, 6) is -0.145. The first-order valence-corrected chi connectivity index (χ1v) is 10.1. The summed E-state index contributed by atoms with van der Waals surface area (Å²) in [6, 6.07) is 6.65. The molecule has 28 heavy (non-hydrogen) atoms. The van der Waals surface area contributed by atoms with Gasteiger partial charge in [-0.15, -0.1) is 0 Å². The van der Waals surface area contributed by atoms with Crippen molar-refractivity contribution in [2.45, 2.75) is 31.7 Å². The molecule has 0 radical (unpaired) electrons. The lowest BCUT2D eigenvalue weighted by atomic mass is 10.2. The van der Waals surface area contributed by atoms with Crippen LogP contribution in [0.15, 0.2) is 47.6 Å². The smallest absolute Gasteiger partial charge is 0.269 e. The van der Waals surface area contributed by atoms with E-state index >= 15 is 0 Å². The Bertz CT molecular complexity index is 1160. The molecule has 0 saturated carbocycles. The van der Waals surface area contributed by atoms with Crippen LogP contribution in [0.25, 0.3) is 17.2 Å². The number of nitrogens with zero attached hydrogens (tertiary/aromatic N) is 3. The van der Waals surface area contributed by atoms with Crippen molar-refractivity contribution in [1.82, 2.24) is 13.9 Å². The number of carbonyl (C=O) groups excluding carboxylic acids is 1. The molecule has 0 fully saturated rings. The second kappa shape index (κ2) is 7.43. The summed E-state index contributed by atoms with van der Waals surface area (Å²) >= 11 is 0. The summed E-state index contributed by atoms with van der Waals surface area (Å²) in [6.45, 7) is 5.78. The molecular weight excluding hydrogens is 378 g/mol. The Morgan fingerprint density at radius 1 is 1.25 bits per heavy atom. The van der Waals surface area contributed by atoms with E-state index < -0.39 is 15.9 Å². The van der Waals surface area contributed by atoms with Gasteiger partial charge in [0.1, 0.15) is 11.3 Å². The van der Waals surface area contributed by atoms with Gasteiger partial charge in [0.2, 0.25) is 5.91 Å². The maximum absolute atomic E-state index is 13.1. The van der Waals surface area contributed by atoms with E-state index in [1.807, 2.05) is 20.8 Å². The van der Waals surface area contributed by atoms with Crippen LogP contribution in [-0.2, 0) is 14.8 Å². The van der Waals surface area contributed by atoms with E-state index in [0.29, 0.717) is 16.9 Å². The highest BCUT2D eigenvalue weighted by molar-refractivity contribution is 7.90. The van der Waals surface area contributed by atoms with Gasteiger partial charge in [0.15, 0.2) is 5.65 Å². The molecular formula is C19H21N5O3S. The third-order valence-electron chi connectivity index (χ3n) is 3.93. The van der Waals surface area contributed by atoms with Crippen molar-refractivity contribution in [2.24, 2.45) is 5.73 Å². The number of amides is 1. The molecule has 2 heterocycles. The minimum atomic E-state index is -3.89. The van der Waals surface area contributed by atoms with Gasteiger partial charge in [0, 0.05) is 23.9 Å². The number of benzene rings is 1. The Labute approximate surface area is 163 Å². The van der Waals surface area contributed by atoms with Gasteiger partial charge < -0.3 is 11.1 Å². The fraction of sp³-hybridized carbons (Fsp3) is 0.211. The maximum Gasteiger partial charge on any atom is 0.269 e. The van der Waals surface area contributed by atoms with Crippen molar-refractivity contribution in [3.05, 3.63) is 53.9 Å². The van der Waals surface area contributed by atoms with Gasteiger partial charge in [-0.05, 0) is 39.0 Å². The molecule has 3 rings (SSSR count). The second-order valence-corrected chi connectivity index (χ2v) is 8.48. The highest BCUT2D eigenvalue weighted by Crippen LogP contribution is 2.25. The zero-order valence-electron chi connectivity index (χ0n) is 15.7. The largest absolute Gasteiger partial charge is 0.367 e. The van der Waals surface area contributed by atoms with E-state index in [-0.39, 0.29) is 16.6 Å². The summed E-state index contributed by atoms with van der Waals surface area (Å²) in [6.07, 6.45) is 5.45. The summed E-state index contributed by atoms with van der Waals surface area (Å²) in [7, 11) is -3.89. The highest BCUT2D eigenvalue weighted by Gasteiger charge is 2.22. The summed E-state index contributed by atoms with van der Waals surface area (Å²) < 4.78 is 27.3. The SMILES string of the molecule is Cc1ccc(S(=O)(=O)n2cc(/C=C/C(N)=O)c3nc(NC(C)C)cnc32)cc1. The van der Waals surface area contributed by atoms with Gasteiger partial charge in [-0.3, -0.25) is 4.79 Å². The maximum atomic E-state index is 13.1. The van der Waals surface area contributed by atoms with Gasteiger partial charge >= 0.3 is 0 Å². The Hall–Kier alpha value is -3.20. The van der Waals surface area contributed by atoms with Crippen molar-refractivity contribution in [1.29, 1.82) is 0 Å². The van der Waals surface area contributed by atoms with E-state index in [1.165, 1.54) is 30.6 Å². The van der Waals surface area contributed by atoms with Gasteiger partial charge in [-0.25, -0.2) is 22.4 Å². The van der Waals surface area contributed by atoms with Crippen molar-refractivity contribution in [2.75, 3.05) is 5.32 Å². The molecule has 0 aliphatic carbocycles. The number of primary amides is 1. The molecule has 146 valence electrons. The zero-order chi connectivity index (χ0) is 20.5. The van der Waals surface area contributed by atoms with Crippen LogP contribution < -0.4 is 11.1 Å². The van der Waals surface area contributed by atoms with Crippen LogP contribution in [0.1, 0.15) is 25.0 Å². The topological polar surface area (TPSA) is 120 Å². The average Bonchev–Trinajstić information content (AvgIpc) is 2.98. The molecule has 0 aliphatic rings. The van der Waals surface area contributed by atoms with E-state index in [0.717, 1.165) is 15.6 Å². The Balaban J connectivity index is 2.22. The number of rotatable bonds is 6. The molecule has 0 unspecified atom stereocenters. The van der Waals surface area contributed by atoms with Crippen LogP contribution in [0.3, 0.4) is 0 Å². The minimum absolute atomic E-state index is 0.120. The van der Waals surface area contributed by atoms with Crippen molar-refractivity contribution in [3.8, 4) is 0 Å². The number of aryl methyl sites for hydroxylation is 1. The molecule has 0 saturated heterocycles. The number of aromatic nitrogens is 3. The molecule has 9 heteroatoms. The first kappa shape index (κ1) is 19.6. The lowest BCUT2D eigenvalue weighted by molar-refractivity contribution is -0.113. The molecule has 0 bridgehead atoms. The van der Waals surface area contributed by atoms with Crippen LogP contribution in [0.2, 0.25) is 0 Å². The van der Waals surface area contributed by atoms with Crippen molar-refractivity contribution < 1.29 is 13.2 Å². The molecule has 0 atom stereocenters. The first-order valence-electron chi connectivity index (χ1n) is 8.63. The predicted molar refractivity (Wildman–Crippen MR) is 108 cm³/mol. The summed E-state index contributed by atoms with van der Waals surface area (Å²) in [5, 5.41) is 3.13. The van der Waals surface area contributed by atoms with E-state index in [2.05, 4.69) is 15.3 Å². The number of carbonyl (C=O) groups is 1. The van der Waals surface area contributed by atoms with Crippen LogP contribution in [0.4, 0.5) is 5.82 Å². The molecule has 8 nitrogen and oxygen atoms in total. The van der Waals surface area contributed by atoms with Crippen molar-refractivity contribution >= 4 is 39.0 Å². The number of hydrogen-bond acceptors (Lipinski definition) is 6. The molecule has 1 aromatic carbocycles. The van der Waals surface area contributed by atoms with Gasteiger partial charge in [0.25, 0.3) is 10.0 Å². The molecule has 0 aliphatic heterocycles. The van der Waals surface area contributed by atoms with E-state index in [1.54, 1.807) is 12.1 Å². The van der Waals surface area contributed by atoms with Crippen LogP contribution in [-0.4, -0.2) is 34.3 Å². The van der Waals surface area contributed by atoms with Crippen LogP contribution in [0, 0.1) is 6.92 Å². The molecule has 1 amide bonds. The standard InChI is InChI=1S/C19H21N5O3S/c1-12(2)22-17-10-21-19-18(23-17)14(6-9-16(20)25)11-24(19)28(26,27)15-7-4-13(3)5-8-15/h4-12H,1-3H3,(H2,20,25)(H,22,23)/b9-6+. The fourth-order valence-electron chi connectivity index (χ4n) is 2.65. The molecule has 2 aromatic heterocycles. The Morgan fingerprint density at radius 3 is 2.54 bits per heavy atom. The van der Waals surface area contributed by atoms with Crippen LogP contribution >= 0.6 is 0 Å². The Morgan fingerprint density at radius 2 is 1.93 bits per heavy atom. The third kappa shape index (κ3) is 3.89.